The summed E-state index contributed by atoms with van der Waals surface area (Å²) in [6, 6.07) is 21.5. The zero-order valence-electron chi connectivity index (χ0n) is 18.1. The molecule has 2 aromatic carbocycles. The van der Waals surface area contributed by atoms with Crippen molar-refractivity contribution in [3.8, 4) is 0 Å². The Balaban J connectivity index is 1.39. The van der Waals surface area contributed by atoms with Gasteiger partial charge in [-0.05, 0) is 33.9 Å². The molecule has 1 aliphatic heterocycles. The highest BCUT2D eigenvalue weighted by Gasteiger charge is 2.31. The Morgan fingerprint density at radius 3 is 2.10 bits per heavy atom. The van der Waals surface area contributed by atoms with Crippen LogP contribution in [0.4, 0.5) is 0 Å². The maximum absolute atomic E-state index is 4.46. The maximum atomic E-state index is 4.46. The molecule has 6 nitrogen and oxygen atoms in total. The van der Waals surface area contributed by atoms with Crippen LogP contribution in [0.15, 0.2) is 60.7 Å². The van der Waals surface area contributed by atoms with E-state index in [9.17, 15) is 0 Å². The van der Waals surface area contributed by atoms with Gasteiger partial charge < -0.3 is 0 Å². The molecule has 0 aliphatic carbocycles. The summed E-state index contributed by atoms with van der Waals surface area (Å²) >= 11 is 0. The fraction of sp³-hybridized carbons (Fsp3) is 0.458. The molecule has 0 bridgehead atoms. The Bertz CT molecular complexity index is 884. The lowest BCUT2D eigenvalue weighted by Crippen LogP contribution is -2.48. The second-order valence-electron chi connectivity index (χ2n) is 8.48. The van der Waals surface area contributed by atoms with Crippen LogP contribution in [0, 0.1) is 5.92 Å². The highest BCUT2D eigenvalue weighted by molar-refractivity contribution is 5.15. The van der Waals surface area contributed by atoms with E-state index in [4.69, 9.17) is 0 Å². The maximum Gasteiger partial charge on any atom is 0.168 e. The Labute approximate surface area is 179 Å². The Kier molecular flexibility index (Phi) is 6.87. The second-order valence-corrected chi connectivity index (χ2v) is 8.48. The van der Waals surface area contributed by atoms with E-state index < -0.39 is 0 Å². The van der Waals surface area contributed by atoms with Gasteiger partial charge in [0, 0.05) is 39.3 Å². The van der Waals surface area contributed by atoms with Gasteiger partial charge in [-0.2, -0.15) is 0 Å². The van der Waals surface area contributed by atoms with Crippen LogP contribution in [0.3, 0.4) is 0 Å². The summed E-state index contributed by atoms with van der Waals surface area (Å²) in [5.74, 6) is 1.45. The van der Waals surface area contributed by atoms with Gasteiger partial charge in [-0.1, -0.05) is 74.5 Å². The van der Waals surface area contributed by atoms with Crippen molar-refractivity contribution in [1.82, 2.24) is 30.0 Å². The molecule has 1 unspecified atom stereocenters. The van der Waals surface area contributed by atoms with Gasteiger partial charge in [-0.25, -0.2) is 4.68 Å². The third-order valence-electron chi connectivity index (χ3n) is 5.96. The first kappa shape index (κ1) is 20.7. The molecule has 1 fully saturated rings. The van der Waals surface area contributed by atoms with Crippen LogP contribution in [0.25, 0.3) is 0 Å². The van der Waals surface area contributed by atoms with Crippen molar-refractivity contribution in [2.75, 3.05) is 26.2 Å². The van der Waals surface area contributed by atoms with E-state index in [0.29, 0.717) is 5.92 Å². The van der Waals surface area contributed by atoms with Crippen LogP contribution >= 0.6 is 0 Å². The minimum Gasteiger partial charge on any atom is -0.297 e. The fourth-order valence-corrected chi connectivity index (χ4v) is 4.39. The largest absolute Gasteiger partial charge is 0.297 e. The standard InChI is InChI=1S/C24H32N6/c1-20(2)23(24-25-26-27-30(24)14-13-21-9-5-3-6-10-21)29-17-15-28(16-18-29)19-22-11-7-4-8-12-22/h3-12,20,23H,13-19H2,1-2H3. The molecule has 1 saturated heterocycles. The van der Waals surface area contributed by atoms with Crippen molar-refractivity contribution in [2.24, 2.45) is 5.92 Å². The third-order valence-corrected chi connectivity index (χ3v) is 5.96. The van der Waals surface area contributed by atoms with E-state index in [1.807, 2.05) is 4.68 Å². The first-order valence-corrected chi connectivity index (χ1v) is 11.0. The molecule has 158 valence electrons. The molecule has 0 radical (unpaired) electrons. The smallest absolute Gasteiger partial charge is 0.168 e. The molecule has 0 N–H and O–H groups in total. The highest BCUT2D eigenvalue weighted by atomic mass is 15.6. The van der Waals surface area contributed by atoms with Gasteiger partial charge in [-0.3, -0.25) is 9.80 Å². The minimum atomic E-state index is 0.245. The summed E-state index contributed by atoms with van der Waals surface area (Å²) < 4.78 is 2.01. The molecule has 0 saturated carbocycles. The Morgan fingerprint density at radius 1 is 0.833 bits per heavy atom. The summed E-state index contributed by atoms with van der Waals surface area (Å²) in [7, 11) is 0. The van der Waals surface area contributed by atoms with Gasteiger partial charge in [0.05, 0.1) is 6.04 Å². The molecule has 0 amide bonds. The predicted octanol–water partition coefficient (Wildman–Crippen LogP) is 3.43. The monoisotopic (exact) mass is 404 g/mol. The average Bonchev–Trinajstić information content (AvgIpc) is 3.23. The fourth-order valence-electron chi connectivity index (χ4n) is 4.39. The average molecular weight is 405 g/mol. The molecular formula is C24H32N6. The SMILES string of the molecule is CC(C)C(c1nnnn1CCc1ccccc1)N1CCN(Cc2ccccc2)CC1. The summed E-state index contributed by atoms with van der Waals surface area (Å²) in [6.45, 7) is 10.6. The molecule has 6 heteroatoms. The lowest BCUT2D eigenvalue weighted by atomic mass is 10.0. The number of rotatable bonds is 8. The number of aryl methyl sites for hydroxylation is 2. The highest BCUT2D eigenvalue weighted by Crippen LogP contribution is 2.28. The number of piperazine rings is 1. The number of tetrazole rings is 1. The van der Waals surface area contributed by atoms with Gasteiger partial charge in [0.1, 0.15) is 0 Å². The van der Waals surface area contributed by atoms with Crippen LogP contribution in [-0.4, -0.2) is 56.2 Å². The molecule has 3 aromatic rings. The van der Waals surface area contributed by atoms with E-state index >= 15 is 0 Å². The van der Waals surface area contributed by atoms with Crippen molar-refractivity contribution >= 4 is 0 Å². The molecule has 1 aliphatic rings. The first-order chi connectivity index (χ1) is 14.7. The zero-order valence-corrected chi connectivity index (χ0v) is 18.1. The van der Waals surface area contributed by atoms with Crippen LogP contribution < -0.4 is 0 Å². The second kappa shape index (κ2) is 9.96. The summed E-state index contributed by atoms with van der Waals surface area (Å²) in [5, 5.41) is 12.8. The van der Waals surface area contributed by atoms with E-state index in [0.717, 1.165) is 51.5 Å². The lowest BCUT2D eigenvalue weighted by Gasteiger charge is -2.40. The van der Waals surface area contributed by atoms with Crippen molar-refractivity contribution in [1.29, 1.82) is 0 Å². The molecule has 1 atom stereocenters. The zero-order chi connectivity index (χ0) is 20.8. The van der Waals surface area contributed by atoms with Crippen LogP contribution in [0.5, 0.6) is 0 Å². The molecule has 30 heavy (non-hydrogen) atoms. The van der Waals surface area contributed by atoms with Crippen LogP contribution in [-0.2, 0) is 19.5 Å². The van der Waals surface area contributed by atoms with Gasteiger partial charge in [0.25, 0.3) is 0 Å². The lowest BCUT2D eigenvalue weighted by molar-refractivity contribution is 0.0662. The van der Waals surface area contributed by atoms with Crippen molar-refractivity contribution in [3.05, 3.63) is 77.6 Å². The van der Waals surface area contributed by atoms with Gasteiger partial charge >= 0.3 is 0 Å². The van der Waals surface area contributed by atoms with Gasteiger partial charge in [0.15, 0.2) is 5.82 Å². The molecule has 0 spiro atoms. The molecule has 2 heterocycles. The Morgan fingerprint density at radius 2 is 1.47 bits per heavy atom. The quantitative estimate of drug-likeness (QED) is 0.576. The topological polar surface area (TPSA) is 50.1 Å². The van der Waals surface area contributed by atoms with Gasteiger partial charge in [0.2, 0.25) is 0 Å². The predicted molar refractivity (Wildman–Crippen MR) is 119 cm³/mol. The number of aromatic nitrogens is 4. The van der Waals surface area contributed by atoms with Crippen molar-refractivity contribution in [2.45, 2.75) is 39.4 Å². The summed E-state index contributed by atoms with van der Waals surface area (Å²) in [5.41, 5.74) is 2.70. The third kappa shape index (κ3) is 5.12. The van der Waals surface area contributed by atoms with Crippen LogP contribution in [0.2, 0.25) is 0 Å². The summed E-state index contributed by atoms with van der Waals surface area (Å²) in [4.78, 5) is 5.11. The van der Waals surface area contributed by atoms with E-state index in [2.05, 4.69) is 99.8 Å². The van der Waals surface area contributed by atoms with Crippen LogP contribution in [0.1, 0.15) is 36.8 Å². The summed E-state index contributed by atoms with van der Waals surface area (Å²) in [6.07, 6.45) is 0.939. The number of benzene rings is 2. The van der Waals surface area contributed by atoms with E-state index in [1.165, 1.54) is 11.1 Å². The molecule has 4 rings (SSSR count). The first-order valence-electron chi connectivity index (χ1n) is 11.0. The number of nitrogens with zero attached hydrogens (tertiary/aromatic N) is 6. The Hall–Kier alpha value is -2.57. The molecular weight excluding hydrogens is 372 g/mol. The number of hydrogen-bond donors (Lipinski definition) is 0. The normalized spacial score (nSPS) is 16.8. The van der Waals surface area contributed by atoms with E-state index in [1.54, 1.807) is 0 Å². The van der Waals surface area contributed by atoms with Crippen molar-refractivity contribution < 1.29 is 0 Å². The molecule has 1 aromatic heterocycles. The van der Waals surface area contributed by atoms with Gasteiger partial charge in [-0.15, -0.1) is 5.10 Å². The number of hydrogen-bond acceptors (Lipinski definition) is 5. The minimum absolute atomic E-state index is 0.245. The van der Waals surface area contributed by atoms with Crippen molar-refractivity contribution in [3.63, 3.8) is 0 Å². The van der Waals surface area contributed by atoms with E-state index in [-0.39, 0.29) is 6.04 Å².